The van der Waals surface area contributed by atoms with Crippen LogP contribution in [0.4, 0.5) is 0 Å². The summed E-state index contributed by atoms with van der Waals surface area (Å²) >= 11 is 0. The van der Waals surface area contributed by atoms with Gasteiger partial charge in [0, 0.05) is 31.5 Å². The minimum absolute atomic E-state index is 0.0213. The Kier molecular flexibility index (Phi) is 6.57. The number of nitrogens with zero attached hydrogens (tertiary/aromatic N) is 3. The van der Waals surface area contributed by atoms with E-state index in [-0.39, 0.29) is 5.91 Å². The van der Waals surface area contributed by atoms with Gasteiger partial charge in [0.2, 0.25) is 17.6 Å². The molecule has 6 nitrogen and oxygen atoms in total. The largest absolute Gasteiger partial charge is 0.497 e. The van der Waals surface area contributed by atoms with Crippen molar-refractivity contribution in [3.05, 3.63) is 78.7 Å². The number of carbonyl (C=O) groups is 1. The van der Waals surface area contributed by atoms with Gasteiger partial charge in [-0.1, -0.05) is 41.6 Å². The van der Waals surface area contributed by atoms with Gasteiger partial charge >= 0.3 is 0 Å². The summed E-state index contributed by atoms with van der Waals surface area (Å²) < 4.78 is 10.4. The van der Waals surface area contributed by atoms with Gasteiger partial charge in [-0.2, -0.15) is 4.98 Å². The first-order valence-electron chi connectivity index (χ1n) is 9.09. The summed E-state index contributed by atoms with van der Waals surface area (Å²) in [6.45, 7) is 4.79. The maximum absolute atomic E-state index is 12.6. The van der Waals surface area contributed by atoms with Crippen molar-refractivity contribution in [2.75, 3.05) is 13.7 Å². The second-order valence-electron chi connectivity index (χ2n) is 6.29. The van der Waals surface area contributed by atoms with Gasteiger partial charge < -0.3 is 14.2 Å². The quantitative estimate of drug-likeness (QED) is 0.529. The zero-order valence-corrected chi connectivity index (χ0v) is 15.9. The minimum atomic E-state index is 0.0213. The Hall–Kier alpha value is -3.41. The topological polar surface area (TPSA) is 68.5 Å². The highest BCUT2D eigenvalue weighted by atomic mass is 16.5. The normalized spacial score (nSPS) is 10.5. The van der Waals surface area contributed by atoms with Gasteiger partial charge in [-0.05, 0) is 29.8 Å². The number of methoxy groups -OCH3 is 1. The van der Waals surface area contributed by atoms with Crippen molar-refractivity contribution in [1.29, 1.82) is 0 Å². The lowest BCUT2D eigenvalue weighted by Crippen LogP contribution is -2.30. The lowest BCUT2D eigenvalue weighted by atomic mass is 10.2. The molecular weight excluding hydrogens is 354 g/mol. The van der Waals surface area contributed by atoms with E-state index < -0.39 is 0 Å². The molecule has 28 heavy (non-hydrogen) atoms. The molecule has 0 spiro atoms. The van der Waals surface area contributed by atoms with Crippen molar-refractivity contribution >= 4 is 5.91 Å². The van der Waals surface area contributed by atoms with Crippen LogP contribution in [0.5, 0.6) is 5.75 Å². The number of hydrogen-bond acceptors (Lipinski definition) is 5. The SMILES string of the molecule is C=CCN(Cc1ccccc1)C(=O)CCc1nc(-c2ccc(OC)cc2)no1. The van der Waals surface area contributed by atoms with Crippen LogP contribution in [-0.2, 0) is 17.8 Å². The Labute approximate surface area is 164 Å². The molecule has 0 fully saturated rings. The summed E-state index contributed by atoms with van der Waals surface area (Å²) in [6, 6.07) is 17.3. The number of aryl methyl sites for hydroxylation is 1. The van der Waals surface area contributed by atoms with E-state index in [0.29, 0.717) is 37.6 Å². The average Bonchev–Trinajstić information content (AvgIpc) is 3.21. The van der Waals surface area contributed by atoms with Gasteiger partial charge in [0.1, 0.15) is 5.75 Å². The number of rotatable bonds is 9. The van der Waals surface area contributed by atoms with E-state index in [4.69, 9.17) is 9.26 Å². The molecule has 0 radical (unpaired) electrons. The fourth-order valence-electron chi connectivity index (χ4n) is 2.80. The summed E-state index contributed by atoms with van der Waals surface area (Å²) in [6.07, 6.45) is 2.42. The third kappa shape index (κ3) is 5.07. The standard InChI is InChI=1S/C22H23N3O3/c1-3-15-25(16-17-7-5-4-6-8-17)21(26)14-13-20-23-22(24-28-20)18-9-11-19(27-2)12-10-18/h3-12H,1,13-16H2,2H3. The molecule has 6 heteroatoms. The lowest BCUT2D eigenvalue weighted by Gasteiger charge is -2.21. The smallest absolute Gasteiger partial charge is 0.227 e. The zero-order chi connectivity index (χ0) is 19.8. The van der Waals surface area contributed by atoms with Crippen LogP contribution in [0.2, 0.25) is 0 Å². The van der Waals surface area contributed by atoms with Crippen molar-refractivity contribution in [2.45, 2.75) is 19.4 Å². The maximum Gasteiger partial charge on any atom is 0.227 e. The summed E-state index contributed by atoms with van der Waals surface area (Å²) in [5.41, 5.74) is 1.91. The predicted octanol–water partition coefficient (Wildman–Crippen LogP) is 3.89. The van der Waals surface area contributed by atoms with Crippen LogP contribution in [-0.4, -0.2) is 34.6 Å². The van der Waals surface area contributed by atoms with Crippen LogP contribution in [0.15, 0.2) is 71.8 Å². The first-order valence-corrected chi connectivity index (χ1v) is 9.09. The lowest BCUT2D eigenvalue weighted by molar-refractivity contribution is -0.131. The Morgan fingerprint density at radius 1 is 1.18 bits per heavy atom. The zero-order valence-electron chi connectivity index (χ0n) is 15.9. The summed E-state index contributed by atoms with van der Waals surface area (Å²) in [7, 11) is 1.62. The number of aromatic nitrogens is 2. The van der Waals surface area contributed by atoms with Gasteiger partial charge in [-0.15, -0.1) is 6.58 Å². The summed E-state index contributed by atoms with van der Waals surface area (Å²) in [5.74, 6) is 1.72. The highest BCUT2D eigenvalue weighted by Gasteiger charge is 2.15. The minimum Gasteiger partial charge on any atom is -0.497 e. The average molecular weight is 377 g/mol. The molecule has 0 bridgehead atoms. The number of ether oxygens (including phenoxy) is 1. The van der Waals surface area contributed by atoms with E-state index in [1.54, 1.807) is 18.1 Å². The van der Waals surface area contributed by atoms with E-state index in [2.05, 4.69) is 16.7 Å². The molecule has 1 amide bonds. The van der Waals surface area contributed by atoms with E-state index >= 15 is 0 Å². The van der Waals surface area contributed by atoms with E-state index in [0.717, 1.165) is 16.9 Å². The Morgan fingerprint density at radius 3 is 2.61 bits per heavy atom. The van der Waals surface area contributed by atoms with Gasteiger partial charge in [0.25, 0.3) is 0 Å². The fraction of sp³-hybridized carbons (Fsp3) is 0.227. The molecule has 0 aliphatic heterocycles. The van der Waals surface area contributed by atoms with Crippen LogP contribution in [0, 0.1) is 0 Å². The highest BCUT2D eigenvalue weighted by Crippen LogP contribution is 2.20. The monoisotopic (exact) mass is 377 g/mol. The Bertz CT molecular complexity index is 904. The number of hydrogen-bond donors (Lipinski definition) is 0. The van der Waals surface area contributed by atoms with Crippen LogP contribution in [0.1, 0.15) is 17.9 Å². The Balaban J connectivity index is 1.59. The molecular formula is C22H23N3O3. The second-order valence-corrected chi connectivity index (χ2v) is 6.29. The van der Waals surface area contributed by atoms with Crippen LogP contribution in [0.25, 0.3) is 11.4 Å². The molecule has 0 aliphatic carbocycles. The van der Waals surface area contributed by atoms with Crippen molar-refractivity contribution in [3.63, 3.8) is 0 Å². The van der Waals surface area contributed by atoms with Gasteiger partial charge in [0.15, 0.2) is 0 Å². The molecule has 1 aromatic heterocycles. The summed E-state index contributed by atoms with van der Waals surface area (Å²) in [4.78, 5) is 18.8. The van der Waals surface area contributed by atoms with Gasteiger partial charge in [-0.3, -0.25) is 4.79 Å². The maximum atomic E-state index is 12.6. The Morgan fingerprint density at radius 2 is 1.93 bits per heavy atom. The van der Waals surface area contributed by atoms with Gasteiger partial charge in [0.05, 0.1) is 7.11 Å². The highest BCUT2D eigenvalue weighted by molar-refractivity contribution is 5.76. The third-order valence-corrected chi connectivity index (χ3v) is 4.29. The van der Waals surface area contributed by atoms with Crippen molar-refractivity contribution < 1.29 is 14.1 Å². The molecule has 0 atom stereocenters. The fourth-order valence-corrected chi connectivity index (χ4v) is 2.80. The molecule has 3 aromatic rings. The number of amides is 1. The molecule has 0 saturated heterocycles. The van der Waals surface area contributed by atoms with Crippen molar-refractivity contribution in [2.24, 2.45) is 0 Å². The molecule has 0 N–H and O–H groups in total. The molecule has 1 heterocycles. The molecule has 0 unspecified atom stereocenters. The first-order chi connectivity index (χ1) is 13.7. The van der Waals surface area contributed by atoms with Crippen molar-refractivity contribution in [3.8, 4) is 17.1 Å². The molecule has 144 valence electrons. The van der Waals surface area contributed by atoms with E-state index in [1.165, 1.54) is 0 Å². The second kappa shape index (κ2) is 9.50. The van der Waals surface area contributed by atoms with Crippen LogP contribution in [0.3, 0.4) is 0 Å². The van der Waals surface area contributed by atoms with Crippen molar-refractivity contribution in [1.82, 2.24) is 15.0 Å². The number of carbonyl (C=O) groups excluding carboxylic acids is 1. The molecule has 0 aliphatic rings. The van der Waals surface area contributed by atoms with Crippen LogP contribution >= 0.6 is 0 Å². The third-order valence-electron chi connectivity index (χ3n) is 4.29. The summed E-state index contributed by atoms with van der Waals surface area (Å²) in [5, 5.41) is 4.00. The molecule has 0 saturated carbocycles. The molecule has 3 rings (SSSR count). The van der Waals surface area contributed by atoms with E-state index in [1.807, 2.05) is 54.6 Å². The molecule has 2 aromatic carbocycles. The first kappa shape index (κ1) is 19.4. The van der Waals surface area contributed by atoms with E-state index in [9.17, 15) is 4.79 Å². The number of benzene rings is 2. The van der Waals surface area contributed by atoms with Gasteiger partial charge in [-0.25, -0.2) is 0 Å². The predicted molar refractivity (Wildman–Crippen MR) is 107 cm³/mol. The van der Waals surface area contributed by atoms with Crippen LogP contribution < -0.4 is 4.74 Å².